The van der Waals surface area contributed by atoms with Crippen molar-refractivity contribution in [3.8, 4) is 11.5 Å². The van der Waals surface area contributed by atoms with E-state index in [0.717, 1.165) is 53.9 Å². The van der Waals surface area contributed by atoms with E-state index in [0.29, 0.717) is 25.8 Å². The number of nitrogens with zero attached hydrogens (tertiary/aromatic N) is 1. The predicted molar refractivity (Wildman–Crippen MR) is 127 cm³/mol. The van der Waals surface area contributed by atoms with E-state index in [1.165, 1.54) is 0 Å². The lowest BCUT2D eigenvalue weighted by molar-refractivity contribution is -0.141. The summed E-state index contributed by atoms with van der Waals surface area (Å²) in [7, 11) is 0. The Morgan fingerprint density at radius 1 is 1.06 bits per heavy atom. The number of aryl methyl sites for hydroxylation is 2. The van der Waals surface area contributed by atoms with Gasteiger partial charge in [-0.15, -0.1) is 0 Å². The van der Waals surface area contributed by atoms with Crippen LogP contribution in [-0.2, 0) is 22.6 Å². The molecule has 1 N–H and O–H groups in total. The normalized spacial score (nSPS) is 15.9. The third kappa shape index (κ3) is 5.86. The number of carbonyl (C=O) groups excluding carboxylic acids is 2. The standard InChI is InChI=1S/C27H34N2O4/c1-3-23(27(31)28-22-9-4-5-10-22)29(17-21-8-6-7-19(2)15-21)26(30)14-12-20-11-13-24-25(16-20)33-18-32-24/h6-8,11,13,15-16,22-23H,3-5,9-10,12,14,17-18H2,1-2H3,(H,28,31)/t23-/m1/s1. The van der Waals surface area contributed by atoms with Crippen molar-refractivity contribution in [3.63, 3.8) is 0 Å². The van der Waals surface area contributed by atoms with Crippen LogP contribution in [0.4, 0.5) is 0 Å². The van der Waals surface area contributed by atoms with Crippen molar-refractivity contribution in [2.45, 2.75) is 77.4 Å². The molecule has 0 bridgehead atoms. The maximum Gasteiger partial charge on any atom is 0.243 e. The largest absolute Gasteiger partial charge is 0.454 e. The summed E-state index contributed by atoms with van der Waals surface area (Å²) in [4.78, 5) is 28.4. The molecule has 0 saturated heterocycles. The van der Waals surface area contributed by atoms with Crippen LogP contribution < -0.4 is 14.8 Å². The van der Waals surface area contributed by atoms with Crippen LogP contribution in [0.1, 0.15) is 62.1 Å². The Morgan fingerprint density at radius 2 is 1.85 bits per heavy atom. The number of benzene rings is 2. The lowest BCUT2D eigenvalue weighted by Gasteiger charge is -2.31. The van der Waals surface area contributed by atoms with Gasteiger partial charge in [0.2, 0.25) is 18.6 Å². The smallest absolute Gasteiger partial charge is 0.243 e. The zero-order chi connectivity index (χ0) is 23.2. The highest BCUT2D eigenvalue weighted by Crippen LogP contribution is 2.33. The van der Waals surface area contributed by atoms with Gasteiger partial charge in [-0.1, -0.05) is 55.7 Å². The van der Waals surface area contributed by atoms with E-state index in [4.69, 9.17) is 9.47 Å². The first kappa shape index (κ1) is 23.1. The quantitative estimate of drug-likeness (QED) is 0.610. The molecular weight excluding hydrogens is 416 g/mol. The number of carbonyl (C=O) groups is 2. The fourth-order valence-corrected chi connectivity index (χ4v) is 4.79. The molecule has 0 unspecified atom stereocenters. The van der Waals surface area contributed by atoms with Gasteiger partial charge in [0.15, 0.2) is 11.5 Å². The van der Waals surface area contributed by atoms with Gasteiger partial charge < -0.3 is 19.7 Å². The molecule has 4 rings (SSSR count). The lowest BCUT2D eigenvalue weighted by atomic mass is 10.0. The molecule has 6 heteroatoms. The number of amides is 2. The molecule has 2 amide bonds. The minimum atomic E-state index is -0.477. The Bertz CT molecular complexity index is 984. The third-order valence-electron chi connectivity index (χ3n) is 6.59. The fraction of sp³-hybridized carbons (Fsp3) is 0.481. The molecule has 2 aromatic carbocycles. The molecule has 1 heterocycles. The van der Waals surface area contributed by atoms with E-state index in [1.54, 1.807) is 4.90 Å². The molecule has 1 fully saturated rings. The van der Waals surface area contributed by atoms with Crippen molar-refractivity contribution in [2.24, 2.45) is 0 Å². The highest BCUT2D eigenvalue weighted by Gasteiger charge is 2.30. The number of hydrogen-bond donors (Lipinski definition) is 1. The van der Waals surface area contributed by atoms with E-state index in [-0.39, 0.29) is 24.6 Å². The highest BCUT2D eigenvalue weighted by molar-refractivity contribution is 5.88. The number of nitrogens with one attached hydrogen (secondary N) is 1. The first-order valence-corrected chi connectivity index (χ1v) is 12.1. The average Bonchev–Trinajstić information content (AvgIpc) is 3.49. The van der Waals surface area contributed by atoms with Crippen LogP contribution in [0.2, 0.25) is 0 Å². The van der Waals surface area contributed by atoms with Gasteiger partial charge in [-0.05, 0) is 55.9 Å². The maximum atomic E-state index is 13.5. The average molecular weight is 451 g/mol. The summed E-state index contributed by atoms with van der Waals surface area (Å²) >= 11 is 0. The van der Waals surface area contributed by atoms with E-state index < -0.39 is 6.04 Å². The predicted octanol–water partition coefficient (Wildman–Crippen LogP) is 4.52. The Morgan fingerprint density at radius 3 is 2.61 bits per heavy atom. The second-order valence-electron chi connectivity index (χ2n) is 9.11. The molecule has 6 nitrogen and oxygen atoms in total. The first-order chi connectivity index (χ1) is 16.0. The molecule has 2 aliphatic rings. The molecular formula is C27H34N2O4. The molecule has 0 radical (unpaired) electrons. The van der Waals surface area contributed by atoms with Crippen LogP contribution in [-0.4, -0.2) is 35.6 Å². The Kier molecular flexibility index (Phi) is 7.53. The molecule has 0 aromatic heterocycles. The van der Waals surface area contributed by atoms with Crippen molar-refractivity contribution in [1.82, 2.24) is 10.2 Å². The van der Waals surface area contributed by atoms with E-state index in [2.05, 4.69) is 11.4 Å². The Balaban J connectivity index is 1.48. The highest BCUT2D eigenvalue weighted by atomic mass is 16.7. The minimum Gasteiger partial charge on any atom is -0.454 e. The zero-order valence-electron chi connectivity index (χ0n) is 19.6. The summed E-state index contributed by atoms with van der Waals surface area (Å²) in [5.74, 6) is 1.41. The van der Waals surface area contributed by atoms with Crippen molar-refractivity contribution in [3.05, 3.63) is 59.2 Å². The van der Waals surface area contributed by atoms with Gasteiger partial charge in [0.1, 0.15) is 6.04 Å². The fourth-order valence-electron chi connectivity index (χ4n) is 4.79. The van der Waals surface area contributed by atoms with Crippen molar-refractivity contribution in [2.75, 3.05) is 6.79 Å². The third-order valence-corrected chi connectivity index (χ3v) is 6.59. The van der Waals surface area contributed by atoms with Crippen LogP contribution in [0.5, 0.6) is 11.5 Å². The van der Waals surface area contributed by atoms with E-state index in [9.17, 15) is 9.59 Å². The van der Waals surface area contributed by atoms with Crippen molar-refractivity contribution in [1.29, 1.82) is 0 Å². The van der Waals surface area contributed by atoms with Gasteiger partial charge in [-0.3, -0.25) is 9.59 Å². The summed E-state index contributed by atoms with van der Waals surface area (Å²) in [6, 6.07) is 13.7. The van der Waals surface area contributed by atoms with Gasteiger partial charge >= 0.3 is 0 Å². The summed E-state index contributed by atoms with van der Waals surface area (Å²) in [6.07, 6.45) is 5.86. The van der Waals surface area contributed by atoms with Crippen molar-refractivity contribution >= 4 is 11.8 Å². The topological polar surface area (TPSA) is 67.9 Å². The van der Waals surface area contributed by atoms with Crippen LogP contribution in [0.25, 0.3) is 0 Å². The molecule has 1 aliphatic carbocycles. The molecule has 176 valence electrons. The SMILES string of the molecule is CC[C@H](C(=O)NC1CCCC1)N(Cc1cccc(C)c1)C(=O)CCc1ccc2c(c1)OCO2. The zero-order valence-corrected chi connectivity index (χ0v) is 19.6. The van der Waals surface area contributed by atoms with Gasteiger partial charge in [0, 0.05) is 19.0 Å². The molecule has 1 atom stereocenters. The Labute approximate surface area is 196 Å². The number of hydrogen-bond acceptors (Lipinski definition) is 4. The summed E-state index contributed by atoms with van der Waals surface area (Å²) < 4.78 is 10.8. The number of rotatable bonds is 9. The molecule has 2 aromatic rings. The van der Waals surface area contributed by atoms with Crippen LogP contribution in [0.15, 0.2) is 42.5 Å². The second kappa shape index (κ2) is 10.7. The number of ether oxygens (including phenoxy) is 2. The van der Waals surface area contributed by atoms with E-state index >= 15 is 0 Å². The molecule has 1 saturated carbocycles. The van der Waals surface area contributed by atoms with Crippen molar-refractivity contribution < 1.29 is 19.1 Å². The molecule has 1 aliphatic heterocycles. The first-order valence-electron chi connectivity index (χ1n) is 12.1. The lowest BCUT2D eigenvalue weighted by Crippen LogP contribution is -2.51. The van der Waals surface area contributed by atoms with E-state index in [1.807, 2.05) is 50.2 Å². The van der Waals surface area contributed by atoms with Gasteiger partial charge in [-0.2, -0.15) is 0 Å². The van der Waals surface area contributed by atoms with Gasteiger partial charge in [0.05, 0.1) is 0 Å². The van der Waals surface area contributed by atoms with Gasteiger partial charge in [0.25, 0.3) is 0 Å². The van der Waals surface area contributed by atoms with Gasteiger partial charge in [-0.25, -0.2) is 0 Å². The van der Waals surface area contributed by atoms with Crippen LogP contribution >= 0.6 is 0 Å². The molecule has 33 heavy (non-hydrogen) atoms. The summed E-state index contributed by atoms with van der Waals surface area (Å²) in [5.41, 5.74) is 3.20. The maximum absolute atomic E-state index is 13.5. The summed E-state index contributed by atoms with van der Waals surface area (Å²) in [5, 5.41) is 3.20. The Hall–Kier alpha value is -3.02. The minimum absolute atomic E-state index is 0.0115. The summed E-state index contributed by atoms with van der Waals surface area (Å²) in [6.45, 7) is 4.68. The molecule has 0 spiro atoms. The number of fused-ring (bicyclic) bond motifs is 1. The second-order valence-corrected chi connectivity index (χ2v) is 9.11. The van der Waals surface area contributed by atoms with Crippen LogP contribution in [0, 0.1) is 6.92 Å². The van der Waals surface area contributed by atoms with Crippen LogP contribution in [0.3, 0.4) is 0 Å². The monoisotopic (exact) mass is 450 g/mol.